The van der Waals surface area contributed by atoms with Crippen LogP contribution in [0.4, 0.5) is 13.2 Å². The van der Waals surface area contributed by atoms with Crippen LogP contribution in [0.15, 0.2) is 16.7 Å². The molecule has 0 saturated heterocycles. The van der Waals surface area contributed by atoms with Gasteiger partial charge in [-0.2, -0.15) is 18.3 Å². The van der Waals surface area contributed by atoms with Crippen molar-refractivity contribution in [3.63, 3.8) is 0 Å². The van der Waals surface area contributed by atoms with E-state index in [9.17, 15) is 22.8 Å². The van der Waals surface area contributed by atoms with E-state index in [4.69, 9.17) is 0 Å². The predicted molar refractivity (Wildman–Crippen MR) is 109 cm³/mol. The number of unbranched alkanes of at least 4 members (excludes halogenated alkanes) is 1. The van der Waals surface area contributed by atoms with E-state index >= 15 is 0 Å². The SMILES string of the molecule is CC(=O)N/N=C(\CCCCNC(=O)c1nc(-c2nccs2)sc1C1CC1)C(F)(F)F. The molecule has 2 heterocycles. The number of nitrogens with zero attached hydrogens (tertiary/aromatic N) is 3. The van der Waals surface area contributed by atoms with Crippen molar-refractivity contribution in [2.24, 2.45) is 5.10 Å². The maximum Gasteiger partial charge on any atom is 0.431 e. The molecule has 0 bridgehead atoms. The third-order valence-corrected chi connectivity index (χ3v) is 6.37. The number of amides is 2. The molecule has 1 saturated carbocycles. The summed E-state index contributed by atoms with van der Waals surface area (Å²) >= 11 is 2.93. The van der Waals surface area contributed by atoms with Crippen LogP contribution in [-0.2, 0) is 4.79 Å². The van der Waals surface area contributed by atoms with Crippen molar-refractivity contribution in [1.29, 1.82) is 0 Å². The van der Waals surface area contributed by atoms with E-state index in [1.165, 1.54) is 22.7 Å². The monoisotopic (exact) mass is 459 g/mol. The molecule has 12 heteroatoms. The first-order valence-electron chi connectivity index (χ1n) is 9.35. The van der Waals surface area contributed by atoms with Gasteiger partial charge in [0.15, 0.2) is 10.0 Å². The molecule has 0 aliphatic heterocycles. The van der Waals surface area contributed by atoms with E-state index in [-0.39, 0.29) is 25.3 Å². The van der Waals surface area contributed by atoms with E-state index in [2.05, 4.69) is 20.4 Å². The Morgan fingerprint density at radius 3 is 2.63 bits per heavy atom. The minimum atomic E-state index is -4.61. The molecule has 3 rings (SSSR count). The summed E-state index contributed by atoms with van der Waals surface area (Å²) in [7, 11) is 0. The molecule has 2 amide bonds. The molecular weight excluding hydrogens is 439 g/mol. The predicted octanol–water partition coefficient (Wildman–Crippen LogP) is 4.10. The molecule has 0 radical (unpaired) electrons. The van der Waals surface area contributed by atoms with Crippen molar-refractivity contribution in [3.05, 3.63) is 22.1 Å². The first-order chi connectivity index (χ1) is 14.3. The van der Waals surface area contributed by atoms with Gasteiger partial charge in [-0.05, 0) is 38.0 Å². The number of rotatable bonds is 9. The van der Waals surface area contributed by atoms with Crippen LogP contribution in [0.5, 0.6) is 0 Å². The lowest BCUT2D eigenvalue weighted by molar-refractivity contribution is -0.119. The number of carbonyl (C=O) groups excluding carboxylic acids is 2. The number of halogens is 3. The summed E-state index contributed by atoms with van der Waals surface area (Å²) in [5.74, 6) is -0.647. The van der Waals surface area contributed by atoms with E-state index in [1.807, 2.05) is 10.8 Å². The summed E-state index contributed by atoms with van der Waals surface area (Å²) in [4.78, 5) is 33.0. The quantitative estimate of drug-likeness (QED) is 0.335. The summed E-state index contributed by atoms with van der Waals surface area (Å²) in [6.45, 7) is 1.31. The van der Waals surface area contributed by atoms with Gasteiger partial charge < -0.3 is 5.32 Å². The molecule has 1 aliphatic carbocycles. The first-order valence-corrected chi connectivity index (χ1v) is 11.0. The Morgan fingerprint density at radius 2 is 2.03 bits per heavy atom. The van der Waals surface area contributed by atoms with Gasteiger partial charge in [0.25, 0.3) is 5.91 Å². The number of hydrogen-bond donors (Lipinski definition) is 2. The van der Waals surface area contributed by atoms with Crippen LogP contribution in [0.1, 0.15) is 60.3 Å². The maximum atomic E-state index is 12.9. The molecule has 1 fully saturated rings. The molecule has 2 N–H and O–H groups in total. The Hall–Kier alpha value is -2.34. The fourth-order valence-electron chi connectivity index (χ4n) is 2.65. The molecule has 0 spiro atoms. The third kappa shape index (κ3) is 6.08. The highest BCUT2D eigenvalue weighted by atomic mass is 32.1. The standard InChI is InChI=1S/C18H20F3N5O2S2/c1-10(27)25-26-12(18(19,20)21)4-2-3-7-22-15(28)13-14(11-5-6-11)30-17(24-13)16-23-8-9-29-16/h8-9,11H,2-7H2,1H3,(H,22,28)(H,25,27)/b26-12+. The van der Waals surface area contributed by atoms with Crippen molar-refractivity contribution in [3.8, 4) is 10.0 Å². The Bertz CT molecular complexity index is 921. The summed E-state index contributed by atoms with van der Waals surface area (Å²) in [5, 5.41) is 9.19. The van der Waals surface area contributed by atoms with E-state index in [0.717, 1.165) is 29.7 Å². The number of aromatic nitrogens is 2. The molecule has 30 heavy (non-hydrogen) atoms. The summed E-state index contributed by atoms with van der Waals surface area (Å²) in [5.41, 5.74) is 1.15. The highest BCUT2D eigenvalue weighted by molar-refractivity contribution is 7.20. The minimum Gasteiger partial charge on any atom is -0.351 e. The zero-order valence-corrected chi connectivity index (χ0v) is 17.7. The lowest BCUT2D eigenvalue weighted by Gasteiger charge is -2.10. The number of hydrogen-bond acceptors (Lipinski definition) is 7. The molecule has 2 aromatic heterocycles. The second-order valence-electron chi connectivity index (χ2n) is 6.78. The van der Waals surface area contributed by atoms with Crippen LogP contribution in [0, 0.1) is 0 Å². The lowest BCUT2D eigenvalue weighted by Crippen LogP contribution is -2.28. The zero-order valence-electron chi connectivity index (χ0n) is 16.1. The fourth-order valence-corrected chi connectivity index (χ4v) is 4.56. The van der Waals surface area contributed by atoms with Gasteiger partial charge in [0, 0.05) is 29.9 Å². The molecule has 0 aromatic carbocycles. The van der Waals surface area contributed by atoms with Gasteiger partial charge in [0.2, 0.25) is 5.91 Å². The highest BCUT2D eigenvalue weighted by Gasteiger charge is 2.35. The van der Waals surface area contributed by atoms with Crippen molar-refractivity contribution >= 4 is 40.2 Å². The Balaban J connectivity index is 1.52. The Kier molecular flexibility index (Phi) is 7.19. The molecule has 2 aromatic rings. The Labute approximate surface area is 178 Å². The van der Waals surface area contributed by atoms with E-state index in [0.29, 0.717) is 23.0 Å². The molecule has 0 unspecified atom stereocenters. The average molecular weight is 460 g/mol. The topological polar surface area (TPSA) is 96.3 Å². The smallest absolute Gasteiger partial charge is 0.351 e. The van der Waals surface area contributed by atoms with Crippen molar-refractivity contribution in [2.75, 3.05) is 6.54 Å². The van der Waals surface area contributed by atoms with Crippen molar-refractivity contribution in [2.45, 2.75) is 51.1 Å². The average Bonchev–Trinajstić information content (AvgIpc) is 3.18. The van der Waals surface area contributed by atoms with Gasteiger partial charge in [-0.15, -0.1) is 22.7 Å². The lowest BCUT2D eigenvalue weighted by atomic mass is 10.1. The van der Waals surface area contributed by atoms with Gasteiger partial charge in [0.05, 0.1) is 0 Å². The van der Waals surface area contributed by atoms with Gasteiger partial charge in [-0.1, -0.05) is 0 Å². The highest BCUT2D eigenvalue weighted by Crippen LogP contribution is 2.46. The largest absolute Gasteiger partial charge is 0.431 e. The van der Waals surface area contributed by atoms with Crippen LogP contribution >= 0.6 is 22.7 Å². The van der Waals surface area contributed by atoms with Crippen LogP contribution in [0.25, 0.3) is 10.0 Å². The Morgan fingerprint density at radius 1 is 1.27 bits per heavy atom. The van der Waals surface area contributed by atoms with E-state index < -0.39 is 17.8 Å². The van der Waals surface area contributed by atoms with Crippen LogP contribution < -0.4 is 10.7 Å². The number of alkyl halides is 3. The maximum absolute atomic E-state index is 12.9. The van der Waals surface area contributed by atoms with E-state index in [1.54, 1.807) is 6.20 Å². The van der Waals surface area contributed by atoms with Crippen LogP contribution in [0.2, 0.25) is 0 Å². The van der Waals surface area contributed by atoms with Crippen molar-refractivity contribution < 1.29 is 22.8 Å². The van der Waals surface area contributed by atoms with Gasteiger partial charge >= 0.3 is 6.18 Å². The molecule has 162 valence electrons. The number of nitrogens with one attached hydrogen (secondary N) is 2. The second kappa shape index (κ2) is 9.65. The minimum absolute atomic E-state index is 0.162. The number of carbonyl (C=O) groups is 2. The summed E-state index contributed by atoms with van der Waals surface area (Å²) in [6.07, 6.45) is -0.739. The molecule has 0 atom stereocenters. The van der Waals surface area contributed by atoms with Gasteiger partial charge in [-0.3, -0.25) is 9.59 Å². The normalized spacial score (nSPS) is 14.6. The van der Waals surface area contributed by atoms with Gasteiger partial charge in [0.1, 0.15) is 11.4 Å². The fraction of sp³-hybridized carbons (Fsp3) is 0.500. The summed E-state index contributed by atoms with van der Waals surface area (Å²) < 4.78 is 38.7. The number of thiazole rings is 2. The van der Waals surface area contributed by atoms with Crippen LogP contribution in [0.3, 0.4) is 0 Å². The molecular formula is C18H20F3N5O2S2. The first kappa shape index (κ1) is 22.3. The molecule has 1 aliphatic rings. The zero-order chi connectivity index (χ0) is 21.7. The van der Waals surface area contributed by atoms with Gasteiger partial charge in [-0.25, -0.2) is 15.4 Å². The second-order valence-corrected chi connectivity index (χ2v) is 8.71. The summed E-state index contributed by atoms with van der Waals surface area (Å²) in [6, 6.07) is 0. The number of hydrazone groups is 1. The third-order valence-electron chi connectivity index (χ3n) is 4.23. The van der Waals surface area contributed by atoms with Crippen LogP contribution in [-0.4, -0.2) is 40.2 Å². The molecule has 7 nitrogen and oxygen atoms in total. The van der Waals surface area contributed by atoms with Crippen molar-refractivity contribution in [1.82, 2.24) is 20.7 Å².